The second-order valence-corrected chi connectivity index (χ2v) is 6.11. The molecule has 0 radical (unpaired) electrons. The van der Waals surface area contributed by atoms with E-state index in [1.165, 1.54) is 0 Å². The quantitative estimate of drug-likeness (QED) is 0.727. The summed E-state index contributed by atoms with van der Waals surface area (Å²) in [6.07, 6.45) is 1.58. The number of rotatable bonds is 3. The van der Waals surface area contributed by atoms with Crippen molar-refractivity contribution in [1.82, 2.24) is 9.97 Å². The van der Waals surface area contributed by atoms with Crippen molar-refractivity contribution in [3.8, 4) is 0 Å². The molecule has 3 aromatic rings. The van der Waals surface area contributed by atoms with Crippen LogP contribution in [0.25, 0.3) is 10.9 Å². The molecule has 0 atom stereocenters. The van der Waals surface area contributed by atoms with E-state index in [-0.39, 0.29) is 6.61 Å². The Balaban J connectivity index is 2.01. The van der Waals surface area contributed by atoms with Crippen molar-refractivity contribution in [3.05, 3.63) is 58.8 Å². The van der Waals surface area contributed by atoms with Crippen molar-refractivity contribution in [1.29, 1.82) is 0 Å². The molecule has 0 aliphatic carbocycles. The summed E-state index contributed by atoms with van der Waals surface area (Å²) >= 11 is 5.12. The van der Waals surface area contributed by atoms with Crippen molar-refractivity contribution >= 4 is 38.6 Å². The number of fused-ring (bicyclic) bond motifs is 1. The second-order valence-electron chi connectivity index (χ2n) is 4.22. The summed E-state index contributed by atoms with van der Waals surface area (Å²) in [5.74, 6) is 0. The molecule has 1 aromatic heterocycles. The molecule has 2 aromatic carbocycles. The van der Waals surface area contributed by atoms with E-state index in [2.05, 4.69) is 25.9 Å². The molecule has 0 aliphatic rings. The molecular weight excluding hydrogens is 336 g/mol. The fraction of sp³-hybridized carbons (Fsp3) is 0.0667. The first-order valence-corrected chi connectivity index (χ1v) is 7.66. The lowest BCUT2D eigenvalue weighted by atomic mass is 10.2. The molecule has 1 heterocycles. The smallest absolute Gasteiger partial charge is 0.117 e. The van der Waals surface area contributed by atoms with Gasteiger partial charge in [-0.15, -0.1) is 0 Å². The van der Waals surface area contributed by atoms with Gasteiger partial charge in [0.1, 0.15) is 11.4 Å². The summed E-state index contributed by atoms with van der Waals surface area (Å²) in [4.78, 5) is 9.69. The number of aromatic nitrogens is 2. The molecule has 3 nitrogen and oxygen atoms in total. The van der Waals surface area contributed by atoms with Gasteiger partial charge >= 0.3 is 0 Å². The fourth-order valence-corrected chi connectivity index (χ4v) is 3.44. The van der Waals surface area contributed by atoms with Crippen LogP contribution in [0.2, 0.25) is 0 Å². The Morgan fingerprint density at radius 1 is 1.10 bits per heavy atom. The molecule has 0 spiro atoms. The molecule has 0 bridgehead atoms. The molecule has 0 unspecified atom stereocenters. The van der Waals surface area contributed by atoms with Gasteiger partial charge in [0.15, 0.2) is 0 Å². The predicted octanol–water partition coefficient (Wildman–Crippen LogP) is 4.04. The molecule has 0 fully saturated rings. The number of hydrogen-bond acceptors (Lipinski definition) is 4. The van der Waals surface area contributed by atoms with E-state index in [1.807, 2.05) is 42.5 Å². The number of halogens is 1. The Hall–Kier alpha value is -1.43. The van der Waals surface area contributed by atoms with Gasteiger partial charge in [0.2, 0.25) is 0 Å². The zero-order valence-electron chi connectivity index (χ0n) is 10.5. The first kappa shape index (κ1) is 13.5. The van der Waals surface area contributed by atoms with E-state index in [1.54, 1.807) is 18.1 Å². The summed E-state index contributed by atoms with van der Waals surface area (Å²) in [6.45, 7) is 0.0417. The van der Waals surface area contributed by atoms with E-state index in [0.717, 1.165) is 30.9 Å². The second kappa shape index (κ2) is 5.91. The molecule has 0 amide bonds. The molecule has 100 valence electrons. The molecule has 5 heteroatoms. The zero-order chi connectivity index (χ0) is 13.9. The van der Waals surface area contributed by atoms with Crippen molar-refractivity contribution in [2.24, 2.45) is 0 Å². The van der Waals surface area contributed by atoms with Gasteiger partial charge in [0.25, 0.3) is 0 Å². The van der Waals surface area contributed by atoms with Gasteiger partial charge in [-0.1, -0.05) is 36.0 Å². The summed E-state index contributed by atoms with van der Waals surface area (Å²) in [6, 6.07) is 13.8. The highest BCUT2D eigenvalue weighted by Crippen LogP contribution is 2.35. The average molecular weight is 347 g/mol. The Morgan fingerprint density at radius 2 is 1.95 bits per heavy atom. The maximum atomic E-state index is 9.14. The zero-order valence-corrected chi connectivity index (χ0v) is 12.9. The van der Waals surface area contributed by atoms with Crippen LogP contribution in [0.4, 0.5) is 0 Å². The number of aliphatic hydroxyl groups excluding tert-OH is 1. The monoisotopic (exact) mass is 346 g/mol. The number of benzene rings is 2. The highest BCUT2D eigenvalue weighted by atomic mass is 79.9. The summed E-state index contributed by atoms with van der Waals surface area (Å²) < 4.78 is 0.955. The molecule has 20 heavy (non-hydrogen) atoms. The first-order valence-electron chi connectivity index (χ1n) is 6.05. The highest BCUT2D eigenvalue weighted by molar-refractivity contribution is 9.10. The lowest BCUT2D eigenvalue weighted by Gasteiger charge is -2.07. The van der Waals surface area contributed by atoms with E-state index < -0.39 is 0 Å². The molecule has 1 N–H and O–H groups in total. The van der Waals surface area contributed by atoms with Gasteiger partial charge in [-0.3, -0.25) is 0 Å². The van der Waals surface area contributed by atoms with Crippen LogP contribution in [0.15, 0.2) is 63.2 Å². The van der Waals surface area contributed by atoms with Crippen LogP contribution in [0.5, 0.6) is 0 Å². The van der Waals surface area contributed by atoms with Crippen LogP contribution in [0.3, 0.4) is 0 Å². The van der Waals surface area contributed by atoms with Crippen LogP contribution in [-0.4, -0.2) is 15.1 Å². The maximum absolute atomic E-state index is 9.14. The molecular formula is C15H11BrN2OS. The molecule has 0 aliphatic heterocycles. The van der Waals surface area contributed by atoms with E-state index in [0.29, 0.717) is 0 Å². The van der Waals surface area contributed by atoms with Gasteiger partial charge in [-0.2, -0.15) is 0 Å². The van der Waals surface area contributed by atoms with Crippen LogP contribution < -0.4 is 0 Å². The summed E-state index contributed by atoms with van der Waals surface area (Å²) in [7, 11) is 0. The predicted molar refractivity (Wildman–Crippen MR) is 83.7 cm³/mol. The standard InChI is InChI=1S/C15H11BrN2OS/c16-12-7-10(8-19)5-6-14(12)20-15-11-3-1-2-4-13(11)17-9-18-15/h1-7,9,19H,8H2. The number of aliphatic hydroxyl groups is 1. The number of nitrogens with zero attached hydrogens (tertiary/aromatic N) is 2. The van der Waals surface area contributed by atoms with Gasteiger partial charge in [-0.05, 0) is 39.7 Å². The minimum Gasteiger partial charge on any atom is -0.392 e. The topological polar surface area (TPSA) is 46.0 Å². The van der Waals surface area contributed by atoms with E-state index >= 15 is 0 Å². The Bertz CT molecular complexity index is 758. The van der Waals surface area contributed by atoms with Crippen LogP contribution in [0, 0.1) is 0 Å². The Labute approximate surface area is 129 Å². The van der Waals surface area contributed by atoms with Gasteiger partial charge in [-0.25, -0.2) is 9.97 Å². The van der Waals surface area contributed by atoms with Gasteiger partial charge in [0.05, 0.1) is 12.1 Å². The van der Waals surface area contributed by atoms with Crippen molar-refractivity contribution in [3.63, 3.8) is 0 Å². The largest absolute Gasteiger partial charge is 0.392 e. The third-order valence-corrected chi connectivity index (χ3v) is 4.90. The summed E-state index contributed by atoms with van der Waals surface area (Å²) in [5.41, 5.74) is 1.82. The van der Waals surface area contributed by atoms with Crippen LogP contribution in [0.1, 0.15) is 5.56 Å². The van der Waals surface area contributed by atoms with E-state index in [9.17, 15) is 0 Å². The average Bonchev–Trinajstić information content (AvgIpc) is 2.49. The van der Waals surface area contributed by atoms with Gasteiger partial charge in [0, 0.05) is 14.8 Å². The lowest BCUT2D eigenvalue weighted by Crippen LogP contribution is -1.88. The van der Waals surface area contributed by atoms with Crippen molar-refractivity contribution in [2.45, 2.75) is 16.5 Å². The van der Waals surface area contributed by atoms with E-state index in [4.69, 9.17) is 5.11 Å². The van der Waals surface area contributed by atoms with Crippen LogP contribution in [-0.2, 0) is 6.61 Å². The van der Waals surface area contributed by atoms with Crippen molar-refractivity contribution < 1.29 is 5.11 Å². The molecule has 3 rings (SSSR count). The minimum absolute atomic E-state index is 0.0417. The number of para-hydroxylation sites is 1. The lowest BCUT2D eigenvalue weighted by molar-refractivity contribution is 0.281. The maximum Gasteiger partial charge on any atom is 0.117 e. The number of hydrogen-bond donors (Lipinski definition) is 1. The highest BCUT2D eigenvalue weighted by Gasteiger charge is 2.08. The third-order valence-electron chi connectivity index (χ3n) is 2.89. The molecule has 0 saturated carbocycles. The minimum atomic E-state index is 0.0417. The Kier molecular flexibility index (Phi) is 4.00. The fourth-order valence-electron chi connectivity index (χ4n) is 1.89. The summed E-state index contributed by atoms with van der Waals surface area (Å²) in [5, 5.41) is 11.1. The Morgan fingerprint density at radius 3 is 2.75 bits per heavy atom. The normalized spacial score (nSPS) is 10.9. The van der Waals surface area contributed by atoms with Gasteiger partial charge < -0.3 is 5.11 Å². The van der Waals surface area contributed by atoms with Crippen LogP contribution >= 0.6 is 27.7 Å². The first-order chi connectivity index (χ1) is 9.78. The van der Waals surface area contributed by atoms with Crippen molar-refractivity contribution in [2.75, 3.05) is 0 Å². The SMILES string of the molecule is OCc1ccc(Sc2ncnc3ccccc23)c(Br)c1. The molecule has 0 saturated heterocycles. The third kappa shape index (κ3) is 2.70.